The molecule has 1 aliphatic carbocycles. The molecule has 1 heterocycles. The maximum absolute atomic E-state index is 12.3. The second-order valence-electron chi connectivity index (χ2n) is 6.57. The normalized spacial score (nSPS) is 25.9. The van der Waals surface area contributed by atoms with Crippen molar-refractivity contribution in [1.29, 1.82) is 0 Å². The molecule has 0 radical (unpaired) electrons. The Balaban J connectivity index is 1.62. The van der Waals surface area contributed by atoms with Gasteiger partial charge in [0.25, 0.3) is 0 Å². The second-order valence-corrected chi connectivity index (χ2v) is 6.57. The second kappa shape index (κ2) is 5.92. The van der Waals surface area contributed by atoms with E-state index >= 15 is 0 Å². The minimum absolute atomic E-state index is 0.145. The Labute approximate surface area is 126 Å². The zero-order valence-corrected chi connectivity index (χ0v) is 12.9. The van der Waals surface area contributed by atoms with E-state index < -0.39 is 0 Å². The van der Waals surface area contributed by atoms with Crippen molar-refractivity contribution >= 4 is 16.8 Å². The van der Waals surface area contributed by atoms with Crippen LogP contribution in [0.4, 0.5) is 0 Å². The van der Waals surface area contributed by atoms with Gasteiger partial charge in [0.05, 0.1) is 6.42 Å². The molecule has 2 N–H and O–H groups in total. The molecule has 3 unspecified atom stereocenters. The predicted octanol–water partition coefficient (Wildman–Crippen LogP) is 3.65. The van der Waals surface area contributed by atoms with Crippen molar-refractivity contribution < 1.29 is 4.79 Å². The lowest BCUT2D eigenvalue weighted by Crippen LogP contribution is -2.40. The number of nitrogens with one attached hydrogen (secondary N) is 2. The van der Waals surface area contributed by atoms with Gasteiger partial charge in [-0.05, 0) is 42.7 Å². The Morgan fingerprint density at radius 1 is 1.24 bits per heavy atom. The highest BCUT2D eigenvalue weighted by molar-refractivity contribution is 5.88. The summed E-state index contributed by atoms with van der Waals surface area (Å²) in [5, 5.41) is 4.37. The molecule has 2 aromatic rings. The number of amides is 1. The van der Waals surface area contributed by atoms with Crippen LogP contribution in [0.3, 0.4) is 0 Å². The Morgan fingerprint density at radius 3 is 2.86 bits per heavy atom. The SMILES string of the molecule is CC1CCC(NC(=O)Cc2c[nH]c3ccccc23)CC1C. The van der Waals surface area contributed by atoms with Crippen LogP contribution in [0.1, 0.15) is 38.7 Å². The number of aromatic nitrogens is 1. The molecule has 1 aromatic heterocycles. The van der Waals surface area contributed by atoms with E-state index in [0.29, 0.717) is 18.4 Å². The molecule has 3 rings (SSSR count). The van der Waals surface area contributed by atoms with Gasteiger partial charge < -0.3 is 10.3 Å². The summed E-state index contributed by atoms with van der Waals surface area (Å²) in [7, 11) is 0. The van der Waals surface area contributed by atoms with Gasteiger partial charge >= 0.3 is 0 Å². The van der Waals surface area contributed by atoms with Crippen molar-refractivity contribution in [3.63, 3.8) is 0 Å². The molecule has 0 bridgehead atoms. The van der Waals surface area contributed by atoms with Crippen molar-refractivity contribution in [2.45, 2.75) is 45.6 Å². The number of H-pyrrole nitrogens is 1. The fraction of sp³-hybridized carbons (Fsp3) is 0.500. The Bertz CT molecular complexity index is 631. The molecule has 0 spiro atoms. The van der Waals surface area contributed by atoms with Gasteiger partial charge in [-0.15, -0.1) is 0 Å². The van der Waals surface area contributed by atoms with Crippen molar-refractivity contribution in [1.82, 2.24) is 10.3 Å². The average molecular weight is 284 g/mol. The fourth-order valence-electron chi connectivity index (χ4n) is 3.41. The van der Waals surface area contributed by atoms with Crippen LogP contribution in [0.5, 0.6) is 0 Å². The number of fused-ring (bicyclic) bond motifs is 1. The van der Waals surface area contributed by atoms with E-state index in [4.69, 9.17) is 0 Å². The van der Waals surface area contributed by atoms with Gasteiger partial charge in [-0.25, -0.2) is 0 Å². The zero-order chi connectivity index (χ0) is 14.8. The lowest BCUT2D eigenvalue weighted by molar-refractivity contribution is -0.121. The number of rotatable bonds is 3. The van der Waals surface area contributed by atoms with E-state index in [9.17, 15) is 4.79 Å². The van der Waals surface area contributed by atoms with E-state index in [1.54, 1.807) is 0 Å². The van der Waals surface area contributed by atoms with Crippen LogP contribution in [-0.2, 0) is 11.2 Å². The largest absolute Gasteiger partial charge is 0.361 e. The van der Waals surface area contributed by atoms with Gasteiger partial charge in [0.15, 0.2) is 0 Å². The molecule has 3 heteroatoms. The Morgan fingerprint density at radius 2 is 2.05 bits per heavy atom. The molecule has 21 heavy (non-hydrogen) atoms. The number of hydrogen-bond donors (Lipinski definition) is 2. The lowest BCUT2D eigenvalue weighted by atomic mass is 9.79. The number of carbonyl (C=O) groups excluding carboxylic acids is 1. The minimum Gasteiger partial charge on any atom is -0.361 e. The van der Waals surface area contributed by atoms with E-state index in [1.165, 1.54) is 6.42 Å². The number of para-hydroxylation sites is 1. The van der Waals surface area contributed by atoms with Crippen LogP contribution < -0.4 is 5.32 Å². The van der Waals surface area contributed by atoms with E-state index in [0.717, 1.165) is 35.2 Å². The molecule has 3 atom stereocenters. The summed E-state index contributed by atoms with van der Waals surface area (Å²) in [5.74, 6) is 1.63. The highest BCUT2D eigenvalue weighted by Gasteiger charge is 2.25. The summed E-state index contributed by atoms with van der Waals surface area (Å²) in [4.78, 5) is 15.5. The summed E-state index contributed by atoms with van der Waals surface area (Å²) in [5.41, 5.74) is 2.18. The maximum atomic E-state index is 12.3. The van der Waals surface area contributed by atoms with E-state index in [1.807, 2.05) is 24.4 Å². The standard InChI is InChI=1S/C18H24N2O/c1-12-7-8-15(9-13(12)2)20-18(21)10-14-11-19-17-6-4-3-5-16(14)17/h3-6,11-13,15,19H,7-10H2,1-2H3,(H,20,21). The van der Waals surface area contributed by atoms with Gasteiger partial charge in [-0.3, -0.25) is 4.79 Å². The molecule has 1 saturated carbocycles. The molecule has 3 nitrogen and oxygen atoms in total. The average Bonchev–Trinajstić information content (AvgIpc) is 2.86. The van der Waals surface area contributed by atoms with Crippen molar-refractivity contribution in [2.24, 2.45) is 11.8 Å². The van der Waals surface area contributed by atoms with Crippen LogP contribution in [0, 0.1) is 11.8 Å². The van der Waals surface area contributed by atoms with Gasteiger partial charge in [-0.1, -0.05) is 32.0 Å². The third-order valence-corrected chi connectivity index (χ3v) is 4.99. The van der Waals surface area contributed by atoms with Crippen LogP contribution in [-0.4, -0.2) is 16.9 Å². The molecule has 1 amide bonds. The van der Waals surface area contributed by atoms with Gasteiger partial charge in [0, 0.05) is 23.1 Å². The highest BCUT2D eigenvalue weighted by Crippen LogP contribution is 2.29. The Kier molecular flexibility index (Phi) is 4.00. The monoisotopic (exact) mass is 284 g/mol. The first kappa shape index (κ1) is 14.2. The van der Waals surface area contributed by atoms with Crippen LogP contribution in [0.25, 0.3) is 10.9 Å². The predicted molar refractivity (Wildman–Crippen MR) is 86.1 cm³/mol. The molecule has 1 aliphatic rings. The summed E-state index contributed by atoms with van der Waals surface area (Å²) in [6.07, 6.45) is 5.87. The van der Waals surface area contributed by atoms with Crippen molar-refractivity contribution in [2.75, 3.05) is 0 Å². The van der Waals surface area contributed by atoms with Crippen LogP contribution in [0.2, 0.25) is 0 Å². The van der Waals surface area contributed by atoms with E-state index in [2.05, 4.69) is 30.2 Å². The van der Waals surface area contributed by atoms with E-state index in [-0.39, 0.29) is 5.91 Å². The maximum Gasteiger partial charge on any atom is 0.224 e. The Hall–Kier alpha value is -1.77. The quantitative estimate of drug-likeness (QED) is 0.888. The number of hydrogen-bond acceptors (Lipinski definition) is 1. The first-order valence-corrected chi connectivity index (χ1v) is 7.98. The molecule has 112 valence electrons. The molecule has 0 saturated heterocycles. The molecule has 1 aromatic carbocycles. The van der Waals surface area contributed by atoms with Crippen LogP contribution >= 0.6 is 0 Å². The van der Waals surface area contributed by atoms with Gasteiger partial charge in [0.2, 0.25) is 5.91 Å². The van der Waals surface area contributed by atoms with Gasteiger partial charge in [-0.2, -0.15) is 0 Å². The summed E-state index contributed by atoms with van der Waals surface area (Å²) in [6, 6.07) is 8.49. The summed E-state index contributed by atoms with van der Waals surface area (Å²) in [6.45, 7) is 4.61. The summed E-state index contributed by atoms with van der Waals surface area (Å²) < 4.78 is 0. The third kappa shape index (κ3) is 3.12. The van der Waals surface area contributed by atoms with Crippen molar-refractivity contribution in [3.05, 3.63) is 36.0 Å². The fourth-order valence-corrected chi connectivity index (χ4v) is 3.41. The lowest BCUT2D eigenvalue weighted by Gasteiger charge is -2.32. The van der Waals surface area contributed by atoms with Gasteiger partial charge in [0.1, 0.15) is 0 Å². The topological polar surface area (TPSA) is 44.9 Å². The third-order valence-electron chi connectivity index (χ3n) is 4.99. The number of aromatic amines is 1. The highest BCUT2D eigenvalue weighted by atomic mass is 16.1. The van der Waals surface area contributed by atoms with Crippen molar-refractivity contribution in [3.8, 4) is 0 Å². The van der Waals surface area contributed by atoms with Crippen LogP contribution in [0.15, 0.2) is 30.5 Å². The number of benzene rings is 1. The minimum atomic E-state index is 0.145. The first-order valence-electron chi connectivity index (χ1n) is 7.98. The first-order chi connectivity index (χ1) is 10.1. The smallest absolute Gasteiger partial charge is 0.224 e. The number of carbonyl (C=O) groups is 1. The molecule has 1 fully saturated rings. The summed E-state index contributed by atoms with van der Waals surface area (Å²) >= 11 is 0. The molecule has 0 aliphatic heterocycles. The molecular formula is C18H24N2O. The zero-order valence-electron chi connectivity index (χ0n) is 12.9. The molecular weight excluding hydrogens is 260 g/mol.